The van der Waals surface area contributed by atoms with E-state index < -0.39 is 6.03 Å². The number of nitrogens with one attached hydrogen (secondary N) is 1. The van der Waals surface area contributed by atoms with Crippen molar-refractivity contribution < 1.29 is 9.59 Å². The Labute approximate surface area is 149 Å². The van der Waals surface area contributed by atoms with Crippen molar-refractivity contribution in [3.8, 4) is 0 Å². The molecule has 0 fully saturated rings. The number of thiophene rings is 2. The number of hydrogen-bond acceptors (Lipinski definition) is 4. The molecule has 0 spiro atoms. The molecule has 24 heavy (non-hydrogen) atoms. The maximum atomic E-state index is 12.9. The van der Waals surface area contributed by atoms with Gasteiger partial charge in [0.25, 0.3) is 0 Å². The second-order valence-corrected chi connectivity index (χ2v) is 7.82. The Balaban J connectivity index is 1.76. The molecule has 0 aliphatic carbocycles. The molecule has 1 aliphatic heterocycles. The molecule has 1 aliphatic rings. The average molecular weight is 364 g/mol. The Hall–Kier alpha value is -1.86. The molecule has 3 rings (SSSR count). The molecule has 0 saturated carbocycles. The van der Waals surface area contributed by atoms with Crippen molar-refractivity contribution in [2.24, 2.45) is 5.73 Å². The minimum Gasteiger partial charge on any atom is -0.352 e. The Bertz CT molecular complexity index is 711. The molecule has 0 bridgehead atoms. The van der Waals surface area contributed by atoms with Crippen LogP contribution in [0.1, 0.15) is 47.2 Å². The van der Waals surface area contributed by atoms with Crippen molar-refractivity contribution in [3.05, 3.63) is 44.3 Å². The quantitative estimate of drug-likeness (QED) is 0.854. The summed E-state index contributed by atoms with van der Waals surface area (Å²) in [6.07, 6.45) is 2.03. The first-order chi connectivity index (χ1) is 11.6. The third-order valence-electron chi connectivity index (χ3n) is 4.38. The number of amides is 3. The molecular weight excluding hydrogens is 342 g/mol. The lowest BCUT2D eigenvalue weighted by molar-refractivity contribution is -0.134. The molecule has 3 heterocycles. The lowest BCUT2D eigenvalue weighted by Gasteiger charge is -2.36. The van der Waals surface area contributed by atoms with E-state index in [0.717, 1.165) is 24.3 Å². The van der Waals surface area contributed by atoms with Crippen LogP contribution in [0.25, 0.3) is 0 Å². The number of rotatable bonds is 5. The van der Waals surface area contributed by atoms with E-state index in [9.17, 15) is 9.59 Å². The number of carbonyl (C=O) groups is 2. The smallest absolute Gasteiger partial charge is 0.312 e. The summed E-state index contributed by atoms with van der Waals surface area (Å²) in [6, 6.07) is 5.12. The third kappa shape index (κ3) is 3.47. The van der Waals surface area contributed by atoms with Gasteiger partial charge in [-0.15, -0.1) is 22.7 Å². The molecule has 2 atom stereocenters. The molecule has 2 unspecified atom stereocenters. The van der Waals surface area contributed by atoms with Crippen LogP contribution in [0, 0.1) is 0 Å². The fourth-order valence-electron chi connectivity index (χ4n) is 3.31. The monoisotopic (exact) mass is 363 g/mol. The van der Waals surface area contributed by atoms with Crippen molar-refractivity contribution in [1.82, 2.24) is 10.2 Å². The van der Waals surface area contributed by atoms with Gasteiger partial charge in [-0.05, 0) is 41.3 Å². The summed E-state index contributed by atoms with van der Waals surface area (Å²) in [5, 5.41) is 6.74. The van der Waals surface area contributed by atoms with E-state index in [1.54, 1.807) is 11.3 Å². The van der Waals surface area contributed by atoms with E-state index in [1.165, 1.54) is 21.8 Å². The van der Waals surface area contributed by atoms with Crippen molar-refractivity contribution in [1.29, 1.82) is 0 Å². The number of hydrogen-bond donors (Lipinski definition) is 2. The summed E-state index contributed by atoms with van der Waals surface area (Å²) in [5.41, 5.74) is 6.56. The summed E-state index contributed by atoms with van der Waals surface area (Å²) in [7, 11) is 0. The maximum Gasteiger partial charge on any atom is 0.312 e. The number of primary amides is 1. The molecule has 3 N–H and O–H groups in total. The van der Waals surface area contributed by atoms with Crippen molar-refractivity contribution in [2.45, 2.75) is 38.3 Å². The van der Waals surface area contributed by atoms with Crippen LogP contribution in [0.3, 0.4) is 0 Å². The van der Waals surface area contributed by atoms with Crippen LogP contribution in [0.15, 0.2) is 29.0 Å². The van der Waals surface area contributed by atoms with Crippen LogP contribution < -0.4 is 11.1 Å². The topological polar surface area (TPSA) is 75.4 Å². The first-order valence-electron chi connectivity index (χ1n) is 8.05. The summed E-state index contributed by atoms with van der Waals surface area (Å²) in [4.78, 5) is 28.5. The molecule has 0 saturated heterocycles. The molecular formula is C17H21N3O2S2. The van der Waals surface area contributed by atoms with E-state index in [4.69, 9.17) is 5.73 Å². The Morgan fingerprint density at radius 3 is 2.88 bits per heavy atom. The molecule has 0 radical (unpaired) electrons. The average Bonchev–Trinajstić information content (AvgIpc) is 3.23. The highest BCUT2D eigenvalue weighted by molar-refractivity contribution is 7.10. The van der Waals surface area contributed by atoms with Gasteiger partial charge >= 0.3 is 6.03 Å². The first-order valence-corrected chi connectivity index (χ1v) is 9.81. The second-order valence-electron chi connectivity index (χ2n) is 5.84. The summed E-state index contributed by atoms with van der Waals surface area (Å²) < 4.78 is 0. The van der Waals surface area contributed by atoms with Crippen LogP contribution in [-0.2, 0) is 11.2 Å². The minimum absolute atomic E-state index is 0.0610. The SMILES string of the molecule is CCC1c2ccsc2CCN1C(=O)CC(NC(N)=O)c1cccs1. The van der Waals surface area contributed by atoms with Gasteiger partial charge in [-0.25, -0.2) is 4.79 Å². The van der Waals surface area contributed by atoms with Gasteiger partial charge in [0.1, 0.15) is 0 Å². The summed E-state index contributed by atoms with van der Waals surface area (Å²) >= 11 is 3.29. The van der Waals surface area contributed by atoms with E-state index >= 15 is 0 Å². The van der Waals surface area contributed by atoms with Gasteiger partial charge in [-0.1, -0.05) is 13.0 Å². The largest absolute Gasteiger partial charge is 0.352 e. The Morgan fingerprint density at radius 2 is 2.21 bits per heavy atom. The lowest BCUT2D eigenvalue weighted by atomic mass is 9.97. The predicted octanol–water partition coefficient (Wildman–Crippen LogP) is 3.45. The Morgan fingerprint density at radius 1 is 1.38 bits per heavy atom. The molecule has 2 aromatic heterocycles. The molecule has 2 aromatic rings. The van der Waals surface area contributed by atoms with E-state index in [0.29, 0.717) is 0 Å². The van der Waals surface area contributed by atoms with Crippen LogP contribution in [0.5, 0.6) is 0 Å². The standard InChI is InChI=1S/C17H21N3O2S2/c1-2-13-11-6-9-24-14(11)5-7-20(13)16(21)10-12(19-17(18)22)15-4-3-8-23-15/h3-4,6,8-9,12-13H,2,5,7,10H2,1H3,(H3,18,19,22). The van der Waals surface area contributed by atoms with Gasteiger partial charge < -0.3 is 16.0 Å². The molecule has 128 valence electrons. The van der Waals surface area contributed by atoms with E-state index in [-0.39, 0.29) is 24.4 Å². The van der Waals surface area contributed by atoms with Gasteiger partial charge in [-0.2, -0.15) is 0 Å². The fourth-order valence-corrected chi connectivity index (χ4v) is 5.02. The van der Waals surface area contributed by atoms with E-state index in [2.05, 4.69) is 23.7 Å². The van der Waals surface area contributed by atoms with Crippen LogP contribution in [0.4, 0.5) is 4.79 Å². The van der Waals surface area contributed by atoms with Crippen LogP contribution in [-0.4, -0.2) is 23.4 Å². The normalized spacial score (nSPS) is 18.0. The number of fused-ring (bicyclic) bond motifs is 1. The highest BCUT2D eigenvalue weighted by atomic mass is 32.1. The summed E-state index contributed by atoms with van der Waals surface area (Å²) in [6.45, 7) is 2.84. The number of nitrogens with zero attached hydrogens (tertiary/aromatic N) is 1. The minimum atomic E-state index is -0.605. The predicted molar refractivity (Wildman–Crippen MR) is 97.2 cm³/mol. The molecule has 0 aromatic carbocycles. The van der Waals surface area contributed by atoms with Gasteiger partial charge in [0.2, 0.25) is 5.91 Å². The zero-order valence-corrected chi connectivity index (χ0v) is 15.2. The van der Waals surface area contributed by atoms with Crippen LogP contribution >= 0.6 is 22.7 Å². The number of nitrogens with two attached hydrogens (primary N) is 1. The maximum absolute atomic E-state index is 12.9. The van der Waals surface area contributed by atoms with E-state index in [1.807, 2.05) is 22.4 Å². The summed E-state index contributed by atoms with van der Waals surface area (Å²) in [5.74, 6) is 0.0610. The Kier molecular flexibility index (Phi) is 5.20. The lowest BCUT2D eigenvalue weighted by Crippen LogP contribution is -2.42. The van der Waals surface area contributed by atoms with Crippen molar-refractivity contribution >= 4 is 34.6 Å². The van der Waals surface area contributed by atoms with Crippen LogP contribution in [0.2, 0.25) is 0 Å². The van der Waals surface area contributed by atoms with Gasteiger partial charge in [0, 0.05) is 16.3 Å². The molecule has 3 amide bonds. The van der Waals surface area contributed by atoms with Crippen molar-refractivity contribution in [3.63, 3.8) is 0 Å². The fraction of sp³-hybridized carbons (Fsp3) is 0.412. The number of carbonyl (C=O) groups excluding carboxylic acids is 2. The highest BCUT2D eigenvalue weighted by Crippen LogP contribution is 2.36. The molecule has 5 nitrogen and oxygen atoms in total. The zero-order valence-electron chi connectivity index (χ0n) is 13.5. The van der Waals surface area contributed by atoms with Gasteiger partial charge in [-0.3, -0.25) is 4.79 Å². The van der Waals surface area contributed by atoms with Crippen molar-refractivity contribution in [2.75, 3.05) is 6.54 Å². The first kappa shape index (κ1) is 17.0. The molecule has 7 heteroatoms. The third-order valence-corrected chi connectivity index (χ3v) is 6.37. The zero-order chi connectivity index (χ0) is 17.1. The van der Waals surface area contributed by atoms with Gasteiger partial charge in [0.05, 0.1) is 18.5 Å². The van der Waals surface area contributed by atoms with Gasteiger partial charge in [0.15, 0.2) is 0 Å². The number of urea groups is 1. The second kappa shape index (κ2) is 7.36. The highest BCUT2D eigenvalue weighted by Gasteiger charge is 2.31.